The summed E-state index contributed by atoms with van der Waals surface area (Å²) in [5.41, 5.74) is 0.988. The molecule has 2 heterocycles. The first-order valence-corrected chi connectivity index (χ1v) is 10.1. The minimum Gasteiger partial charge on any atom is -0.347 e. The monoisotopic (exact) mass is 423 g/mol. The number of carbonyl (C=O) groups is 1. The summed E-state index contributed by atoms with van der Waals surface area (Å²) in [5.74, 6) is -0.773. The van der Waals surface area contributed by atoms with Crippen LogP contribution in [0.1, 0.15) is 26.4 Å². The SMILES string of the molecule is Cc1c(=O)n(Cc2ccccc2)c(=O)n2cc(C(=O)NCc3cccc(F)c3)sc12. The third-order valence-electron chi connectivity index (χ3n) is 4.74. The normalized spacial score (nSPS) is 11.0. The number of nitrogens with zero attached hydrogens (tertiary/aromatic N) is 2. The topological polar surface area (TPSA) is 72.6 Å². The lowest BCUT2D eigenvalue weighted by Gasteiger charge is -2.07. The van der Waals surface area contributed by atoms with Gasteiger partial charge in [-0.1, -0.05) is 42.5 Å². The van der Waals surface area contributed by atoms with Gasteiger partial charge in [0.1, 0.15) is 15.5 Å². The van der Waals surface area contributed by atoms with E-state index >= 15 is 0 Å². The molecule has 6 nitrogen and oxygen atoms in total. The molecule has 0 aliphatic carbocycles. The van der Waals surface area contributed by atoms with Gasteiger partial charge in [0, 0.05) is 18.3 Å². The number of benzene rings is 2. The molecule has 0 fully saturated rings. The maximum atomic E-state index is 13.3. The zero-order valence-electron chi connectivity index (χ0n) is 16.1. The molecule has 4 rings (SSSR count). The molecule has 0 spiro atoms. The van der Waals surface area contributed by atoms with Crippen molar-refractivity contribution in [3.05, 3.63) is 109 Å². The van der Waals surface area contributed by atoms with Crippen LogP contribution in [0.15, 0.2) is 70.4 Å². The van der Waals surface area contributed by atoms with Gasteiger partial charge in [-0.05, 0) is 30.2 Å². The highest BCUT2D eigenvalue weighted by atomic mass is 32.1. The van der Waals surface area contributed by atoms with Crippen LogP contribution < -0.4 is 16.6 Å². The van der Waals surface area contributed by atoms with E-state index in [0.29, 0.717) is 20.8 Å². The molecule has 4 aromatic rings. The standard InChI is InChI=1S/C22H18FN3O3S/c1-14-20(28)25(12-15-6-3-2-4-7-15)22(29)26-13-18(30-21(14)26)19(27)24-11-16-8-5-9-17(23)10-16/h2-10,13H,11-12H2,1H3,(H,24,27). The van der Waals surface area contributed by atoms with Crippen LogP contribution in [0.5, 0.6) is 0 Å². The van der Waals surface area contributed by atoms with Gasteiger partial charge in [0.05, 0.1) is 6.54 Å². The van der Waals surface area contributed by atoms with Crippen molar-refractivity contribution in [1.82, 2.24) is 14.3 Å². The zero-order valence-corrected chi connectivity index (χ0v) is 16.9. The Morgan fingerprint density at radius 2 is 1.80 bits per heavy atom. The van der Waals surface area contributed by atoms with E-state index in [2.05, 4.69) is 5.32 Å². The number of halogens is 1. The summed E-state index contributed by atoms with van der Waals surface area (Å²) in [5, 5.41) is 2.72. The molecule has 30 heavy (non-hydrogen) atoms. The van der Waals surface area contributed by atoms with Crippen molar-refractivity contribution in [3.8, 4) is 0 Å². The molecule has 2 aromatic heterocycles. The second-order valence-electron chi connectivity index (χ2n) is 6.87. The van der Waals surface area contributed by atoms with Crippen molar-refractivity contribution in [1.29, 1.82) is 0 Å². The van der Waals surface area contributed by atoms with Crippen molar-refractivity contribution in [2.24, 2.45) is 0 Å². The number of nitrogens with one attached hydrogen (secondary N) is 1. The van der Waals surface area contributed by atoms with Crippen molar-refractivity contribution in [2.75, 3.05) is 0 Å². The summed E-state index contributed by atoms with van der Waals surface area (Å²) in [6.07, 6.45) is 1.44. The fourth-order valence-corrected chi connectivity index (χ4v) is 4.19. The first-order valence-electron chi connectivity index (χ1n) is 9.26. The minimum absolute atomic E-state index is 0.152. The second kappa shape index (κ2) is 8.08. The maximum Gasteiger partial charge on any atom is 0.336 e. The lowest BCUT2D eigenvalue weighted by atomic mass is 10.2. The Balaban J connectivity index is 1.66. The number of fused-ring (bicyclic) bond motifs is 1. The second-order valence-corrected chi connectivity index (χ2v) is 7.90. The highest BCUT2D eigenvalue weighted by Gasteiger charge is 2.17. The van der Waals surface area contributed by atoms with E-state index in [9.17, 15) is 18.8 Å². The largest absolute Gasteiger partial charge is 0.347 e. The summed E-state index contributed by atoms with van der Waals surface area (Å²) in [4.78, 5) is 39.0. The van der Waals surface area contributed by atoms with Gasteiger partial charge in [0.25, 0.3) is 11.5 Å². The van der Waals surface area contributed by atoms with Crippen LogP contribution in [0.4, 0.5) is 4.39 Å². The van der Waals surface area contributed by atoms with Gasteiger partial charge in [0.15, 0.2) is 0 Å². The van der Waals surface area contributed by atoms with Crippen LogP contribution in [-0.4, -0.2) is 14.9 Å². The Hall–Kier alpha value is -3.52. The van der Waals surface area contributed by atoms with Crippen LogP contribution in [0.25, 0.3) is 4.83 Å². The molecule has 0 radical (unpaired) electrons. The summed E-state index contributed by atoms with van der Waals surface area (Å²) >= 11 is 1.08. The van der Waals surface area contributed by atoms with E-state index in [-0.39, 0.29) is 24.5 Å². The molecular formula is C22H18FN3O3S. The molecule has 0 bridgehead atoms. The lowest BCUT2D eigenvalue weighted by Crippen LogP contribution is -2.38. The molecule has 0 atom stereocenters. The lowest BCUT2D eigenvalue weighted by molar-refractivity contribution is 0.0954. The first-order chi connectivity index (χ1) is 14.4. The van der Waals surface area contributed by atoms with E-state index in [4.69, 9.17) is 0 Å². The van der Waals surface area contributed by atoms with E-state index < -0.39 is 11.6 Å². The van der Waals surface area contributed by atoms with E-state index in [1.807, 2.05) is 30.3 Å². The summed E-state index contributed by atoms with van der Waals surface area (Å²) < 4.78 is 15.8. The molecule has 0 aliphatic rings. The van der Waals surface area contributed by atoms with Gasteiger partial charge in [-0.2, -0.15) is 0 Å². The van der Waals surface area contributed by atoms with E-state index in [0.717, 1.165) is 16.9 Å². The number of aromatic nitrogens is 2. The van der Waals surface area contributed by atoms with Crippen LogP contribution >= 0.6 is 11.3 Å². The van der Waals surface area contributed by atoms with Crippen molar-refractivity contribution >= 4 is 22.1 Å². The molecule has 0 aliphatic heterocycles. The summed E-state index contributed by atoms with van der Waals surface area (Å²) in [6, 6.07) is 15.2. The molecular weight excluding hydrogens is 405 g/mol. The number of hydrogen-bond donors (Lipinski definition) is 1. The third-order valence-corrected chi connectivity index (χ3v) is 5.95. The van der Waals surface area contributed by atoms with Crippen LogP contribution in [0.2, 0.25) is 0 Å². The average molecular weight is 423 g/mol. The van der Waals surface area contributed by atoms with Crippen LogP contribution in [0, 0.1) is 12.7 Å². The molecule has 0 saturated carbocycles. The van der Waals surface area contributed by atoms with Gasteiger partial charge in [-0.15, -0.1) is 11.3 Å². The molecule has 1 N–H and O–H groups in total. The van der Waals surface area contributed by atoms with Gasteiger partial charge < -0.3 is 5.32 Å². The maximum absolute atomic E-state index is 13.3. The third kappa shape index (κ3) is 3.81. The number of rotatable bonds is 5. The van der Waals surface area contributed by atoms with Crippen molar-refractivity contribution in [3.63, 3.8) is 0 Å². The Morgan fingerprint density at radius 1 is 1.07 bits per heavy atom. The molecule has 0 saturated heterocycles. The van der Waals surface area contributed by atoms with E-state index in [1.54, 1.807) is 19.1 Å². The molecule has 152 valence electrons. The van der Waals surface area contributed by atoms with Gasteiger partial charge >= 0.3 is 5.69 Å². The highest BCUT2D eigenvalue weighted by Crippen LogP contribution is 2.18. The van der Waals surface area contributed by atoms with Crippen molar-refractivity contribution in [2.45, 2.75) is 20.0 Å². The van der Waals surface area contributed by atoms with Crippen LogP contribution in [0.3, 0.4) is 0 Å². The van der Waals surface area contributed by atoms with Gasteiger partial charge in [-0.3, -0.25) is 18.6 Å². The Morgan fingerprint density at radius 3 is 2.53 bits per heavy atom. The quantitative estimate of drug-likeness (QED) is 0.537. The molecule has 0 unspecified atom stereocenters. The summed E-state index contributed by atoms with van der Waals surface area (Å²) in [6.45, 7) is 1.95. The summed E-state index contributed by atoms with van der Waals surface area (Å²) in [7, 11) is 0. The first kappa shape index (κ1) is 19.8. The fraction of sp³-hybridized carbons (Fsp3) is 0.136. The minimum atomic E-state index is -0.495. The van der Waals surface area contributed by atoms with E-state index in [1.165, 1.54) is 27.3 Å². The Kier molecular flexibility index (Phi) is 5.33. The number of amides is 1. The zero-order chi connectivity index (χ0) is 21.3. The highest BCUT2D eigenvalue weighted by molar-refractivity contribution is 7.19. The molecule has 2 aromatic carbocycles. The average Bonchev–Trinajstić information content (AvgIpc) is 3.20. The Bertz CT molecular complexity index is 1360. The van der Waals surface area contributed by atoms with Gasteiger partial charge in [0.2, 0.25) is 0 Å². The predicted octanol–water partition coefficient (Wildman–Crippen LogP) is 2.95. The molecule has 1 amide bonds. The van der Waals surface area contributed by atoms with Gasteiger partial charge in [-0.25, -0.2) is 9.18 Å². The molecule has 8 heteroatoms. The number of carbonyl (C=O) groups excluding carboxylic acids is 1. The number of thiazole rings is 1. The fourth-order valence-electron chi connectivity index (χ4n) is 3.19. The van der Waals surface area contributed by atoms with Crippen LogP contribution in [-0.2, 0) is 13.1 Å². The predicted molar refractivity (Wildman–Crippen MR) is 114 cm³/mol. The van der Waals surface area contributed by atoms with Crippen molar-refractivity contribution < 1.29 is 9.18 Å². The number of aryl methyl sites for hydroxylation is 1. The Labute approximate surface area is 174 Å². The number of hydrogen-bond acceptors (Lipinski definition) is 4. The smallest absolute Gasteiger partial charge is 0.336 e.